The van der Waals surface area contributed by atoms with E-state index in [9.17, 15) is 4.79 Å². The zero-order valence-electron chi connectivity index (χ0n) is 12.5. The van der Waals surface area contributed by atoms with Crippen molar-refractivity contribution in [2.45, 2.75) is 65.8 Å². The molecule has 18 heavy (non-hydrogen) atoms. The van der Waals surface area contributed by atoms with Gasteiger partial charge in [-0.15, -0.1) is 0 Å². The van der Waals surface area contributed by atoms with Crippen LogP contribution >= 0.6 is 0 Å². The number of carbonyl (C=O) groups excluding carboxylic acids is 1. The van der Waals surface area contributed by atoms with Crippen LogP contribution in [0.1, 0.15) is 59.8 Å². The Morgan fingerprint density at radius 1 is 1.44 bits per heavy atom. The SMILES string of the molecule is CCC1CCCN(C(=O)CC(N)CC(C)(C)C)C1. The summed E-state index contributed by atoms with van der Waals surface area (Å²) in [6.45, 7) is 10.6. The van der Waals surface area contributed by atoms with Crippen LogP contribution in [0.3, 0.4) is 0 Å². The molecule has 0 aliphatic carbocycles. The quantitative estimate of drug-likeness (QED) is 0.838. The highest BCUT2D eigenvalue weighted by Crippen LogP contribution is 2.23. The summed E-state index contributed by atoms with van der Waals surface area (Å²) in [6, 6.07) is -0.000460. The molecule has 0 bridgehead atoms. The molecule has 1 fully saturated rings. The van der Waals surface area contributed by atoms with Gasteiger partial charge in [0.05, 0.1) is 0 Å². The minimum atomic E-state index is -0.000460. The second-order valence-corrected chi connectivity index (χ2v) is 6.99. The predicted molar refractivity (Wildman–Crippen MR) is 76.3 cm³/mol. The Labute approximate surface area is 112 Å². The lowest BCUT2D eigenvalue weighted by atomic mass is 9.87. The summed E-state index contributed by atoms with van der Waals surface area (Å²) in [5, 5.41) is 0. The average molecular weight is 254 g/mol. The van der Waals surface area contributed by atoms with Gasteiger partial charge in [-0.05, 0) is 30.6 Å². The number of likely N-dealkylation sites (tertiary alicyclic amines) is 1. The van der Waals surface area contributed by atoms with Crippen LogP contribution in [0.4, 0.5) is 0 Å². The van der Waals surface area contributed by atoms with E-state index in [0.717, 1.165) is 25.9 Å². The van der Waals surface area contributed by atoms with Crippen LogP contribution in [-0.4, -0.2) is 29.9 Å². The number of hydrogen-bond acceptors (Lipinski definition) is 2. The molecule has 1 aliphatic heterocycles. The lowest BCUT2D eigenvalue weighted by Gasteiger charge is -2.33. The van der Waals surface area contributed by atoms with Crippen LogP contribution in [0.15, 0.2) is 0 Å². The molecule has 3 heteroatoms. The summed E-state index contributed by atoms with van der Waals surface area (Å²) in [7, 11) is 0. The van der Waals surface area contributed by atoms with E-state index in [-0.39, 0.29) is 17.4 Å². The van der Waals surface area contributed by atoms with Gasteiger partial charge in [0.15, 0.2) is 0 Å². The van der Waals surface area contributed by atoms with Gasteiger partial charge in [0.2, 0.25) is 5.91 Å². The van der Waals surface area contributed by atoms with Gasteiger partial charge in [-0.2, -0.15) is 0 Å². The number of hydrogen-bond donors (Lipinski definition) is 1. The van der Waals surface area contributed by atoms with Crippen molar-refractivity contribution in [3.63, 3.8) is 0 Å². The molecule has 1 amide bonds. The minimum absolute atomic E-state index is 0.000460. The number of amides is 1. The van der Waals surface area contributed by atoms with Crippen LogP contribution in [0.2, 0.25) is 0 Å². The molecule has 0 saturated carbocycles. The largest absolute Gasteiger partial charge is 0.342 e. The first-order valence-electron chi connectivity index (χ1n) is 7.35. The van der Waals surface area contributed by atoms with Crippen LogP contribution in [0.5, 0.6) is 0 Å². The Morgan fingerprint density at radius 2 is 2.11 bits per heavy atom. The number of carbonyl (C=O) groups is 1. The molecular formula is C15H30N2O. The van der Waals surface area contributed by atoms with Gasteiger partial charge in [-0.3, -0.25) is 4.79 Å². The molecule has 1 heterocycles. The molecule has 2 atom stereocenters. The molecule has 106 valence electrons. The maximum absolute atomic E-state index is 12.2. The fourth-order valence-corrected chi connectivity index (χ4v) is 2.84. The van der Waals surface area contributed by atoms with E-state index in [1.807, 2.05) is 4.90 Å². The van der Waals surface area contributed by atoms with E-state index in [1.54, 1.807) is 0 Å². The topological polar surface area (TPSA) is 46.3 Å². The van der Waals surface area contributed by atoms with Gasteiger partial charge in [0.1, 0.15) is 0 Å². The summed E-state index contributed by atoms with van der Waals surface area (Å²) >= 11 is 0. The third-order valence-electron chi connectivity index (χ3n) is 3.76. The van der Waals surface area contributed by atoms with Crippen LogP contribution in [0.25, 0.3) is 0 Å². The Hall–Kier alpha value is -0.570. The molecule has 2 unspecified atom stereocenters. The Morgan fingerprint density at radius 3 is 2.67 bits per heavy atom. The maximum Gasteiger partial charge on any atom is 0.224 e. The third kappa shape index (κ3) is 5.38. The third-order valence-corrected chi connectivity index (χ3v) is 3.76. The van der Waals surface area contributed by atoms with E-state index in [0.29, 0.717) is 12.3 Å². The summed E-state index contributed by atoms with van der Waals surface area (Å²) in [6.07, 6.45) is 5.02. The van der Waals surface area contributed by atoms with E-state index >= 15 is 0 Å². The van der Waals surface area contributed by atoms with Crippen LogP contribution in [0, 0.1) is 11.3 Å². The highest BCUT2D eigenvalue weighted by atomic mass is 16.2. The normalized spacial score (nSPS) is 22.9. The zero-order valence-corrected chi connectivity index (χ0v) is 12.5. The van der Waals surface area contributed by atoms with Gasteiger partial charge in [0.25, 0.3) is 0 Å². The first kappa shape index (κ1) is 15.5. The monoisotopic (exact) mass is 254 g/mol. The van der Waals surface area contributed by atoms with Crippen LogP contribution < -0.4 is 5.73 Å². The number of nitrogens with two attached hydrogens (primary N) is 1. The van der Waals surface area contributed by atoms with Crippen LogP contribution in [-0.2, 0) is 4.79 Å². The first-order valence-corrected chi connectivity index (χ1v) is 7.35. The van der Waals surface area contributed by atoms with E-state index in [1.165, 1.54) is 12.8 Å². The molecule has 1 rings (SSSR count). The van der Waals surface area contributed by atoms with Crippen molar-refractivity contribution in [2.24, 2.45) is 17.1 Å². The van der Waals surface area contributed by atoms with Gasteiger partial charge >= 0.3 is 0 Å². The van der Waals surface area contributed by atoms with Crippen molar-refractivity contribution in [3.8, 4) is 0 Å². The Kier molecular flexibility index (Phi) is 5.64. The van der Waals surface area contributed by atoms with Crippen molar-refractivity contribution in [3.05, 3.63) is 0 Å². The lowest BCUT2D eigenvalue weighted by Crippen LogP contribution is -2.42. The van der Waals surface area contributed by atoms with Crippen molar-refractivity contribution in [1.29, 1.82) is 0 Å². The minimum Gasteiger partial charge on any atom is -0.342 e. The fraction of sp³-hybridized carbons (Fsp3) is 0.933. The van der Waals surface area contributed by atoms with Crippen molar-refractivity contribution >= 4 is 5.91 Å². The molecule has 0 aromatic carbocycles. The maximum atomic E-state index is 12.2. The highest BCUT2D eigenvalue weighted by molar-refractivity contribution is 5.76. The molecule has 1 saturated heterocycles. The highest BCUT2D eigenvalue weighted by Gasteiger charge is 2.25. The summed E-state index contributed by atoms with van der Waals surface area (Å²) in [4.78, 5) is 14.2. The molecule has 0 aromatic heterocycles. The van der Waals surface area contributed by atoms with Crippen molar-refractivity contribution < 1.29 is 4.79 Å². The fourth-order valence-electron chi connectivity index (χ4n) is 2.84. The molecule has 0 aromatic rings. The summed E-state index contributed by atoms with van der Waals surface area (Å²) in [5.41, 5.74) is 6.29. The average Bonchev–Trinajstić information content (AvgIpc) is 2.26. The molecule has 2 N–H and O–H groups in total. The Balaban J connectivity index is 2.40. The molecular weight excluding hydrogens is 224 g/mol. The molecule has 1 aliphatic rings. The summed E-state index contributed by atoms with van der Waals surface area (Å²) < 4.78 is 0. The Bertz CT molecular complexity index is 270. The second-order valence-electron chi connectivity index (χ2n) is 6.99. The van der Waals surface area contributed by atoms with Crippen molar-refractivity contribution in [2.75, 3.05) is 13.1 Å². The van der Waals surface area contributed by atoms with Crippen molar-refractivity contribution in [1.82, 2.24) is 4.90 Å². The zero-order chi connectivity index (χ0) is 13.8. The number of piperidine rings is 1. The molecule has 3 nitrogen and oxygen atoms in total. The smallest absolute Gasteiger partial charge is 0.224 e. The molecule has 0 spiro atoms. The van der Waals surface area contributed by atoms with Gasteiger partial charge < -0.3 is 10.6 Å². The number of nitrogens with zero attached hydrogens (tertiary/aromatic N) is 1. The van der Waals surface area contributed by atoms with E-state index in [4.69, 9.17) is 5.73 Å². The standard InChI is InChI=1S/C15H30N2O/c1-5-12-7-6-8-17(11-12)14(18)9-13(16)10-15(2,3)4/h12-13H,5-11,16H2,1-4H3. The second kappa shape index (κ2) is 6.55. The van der Waals surface area contributed by atoms with E-state index in [2.05, 4.69) is 27.7 Å². The molecule has 0 radical (unpaired) electrons. The van der Waals surface area contributed by atoms with E-state index < -0.39 is 0 Å². The summed E-state index contributed by atoms with van der Waals surface area (Å²) in [5.74, 6) is 0.950. The van der Waals surface area contributed by atoms with Gasteiger partial charge in [-0.1, -0.05) is 34.1 Å². The number of rotatable bonds is 4. The van der Waals surface area contributed by atoms with Gasteiger partial charge in [-0.25, -0.2) is 0 Å². The first-order chi connectivity index (χ1) is 8.31. The predicted octanol–water partition coefficient (Wildman–Crippen LogP) is 2.79. The van der Waals surface area contributed by atoms with Gasteiger partial charge in [0, 0.05) is 25.6 Å². The lowest BCUT2D eigenvalue weighted by molar-refractivity contribution is -0.133.